The molecule has 0 saturated carbocycles. The van der Waals surface area contributed by atoms with Gasteiger partial charge in [0.15, 0.2) is 5.78 Å². The minimum atomic E-state index is -0.789. The van der Waals surface area contributed by atoms with Crippen LogP contribution in [0.4, 0.5) is 10.2 Å². The molecule has 7 heteroatoms. The molecule has 6 nitrogen and oxygen atoms in total. The first-order valence-corrected chi connectivity index (χ1v) is 9.10. The molecule has 2 heterocycles. The number of rotatable bonds is 1. The van der Waals surface area contributed by atoms with Crippen LogP contribution in [0.2, 0.25) is 0 Å². The molecular formula is C22H16FN3O3. The van der Waals surface area contributed by atoms with Crippen LogP contribution < -0.4 is 16.6 Å². The van der Waals surface area contributed by atoms with Gasteiger partial charge in [-0.05, 0) is 17.7 Å². The number of hydrogen-bond acceptors (Lipinski definition) is 4. The Morgan fingerprint density at radius 1 is 0.931 bits per heavy atom. The Labute approximate surface area is 164 Å². The van der Waals surface area contributed by atoms with E-state index in [1.54, 1.807) is 31.3 Å². The van der Waals surface area contributed by atoms with Crippen molar-refractivity contribution in [2.75, 3.05) is 5.32 Å². The smallest absolute Gasteiger partial charge is 0.332 e. The SMILES string of the molecule is Cn1c2c(c(=O)n(C)c1=O)[C@H](c1cccc(F)c1)C1=C(N2)c2ccccc2C1=O. The highest BCUT2D eigenvalue weighted by molar-refractivity contribution is 6.23. The predicted molar refractivity (Wildman–Crippen MR) is 106 cm³/mol. The van der Waals surface area contributed by atoms with Crippen LogP contribution in [0.3, 0.4) is 0 Å². The lowest BCUT2D eigenvalue weighted by Gasteiger charge is -2.29. The van der Waals surface area contributed by atoms with E-state index in [9.17, 15) is 18.8 Å². The van der Waals surface area contributed by atoms with E-state index in [-0.39, 0.29) is 11.3 Å². The molecule has 1 N–H and O–H groups in total. The number of hydrogen-bond donors (Lipinski definition) is 1. The minimum absolute atomic E-state index is 0.209. The fourth-order valence-corrected chi connectivity index (χ4v) is 4.28. The lowest BCUT2D eigenvalue weighted by molar-refractivity contribution is 0.103. The van der Waals surface area contributed by atoms with Crippen LogP contribution in [-0.4, -0.2) is 14.9 Å². The summed E-state index contributed by atoms with van der Waals surface area (Å²) in [5.74, 6) is -1.15. The predicted octanol–water partition coefficient (Wildman–Crippen LogP) is 2.39. The van der Waals surface area contributed by atoms with Gasteiger partial charge in [0, 0.05) is 36.7 Å². The van der Waals surface area contributed by atoms with Gasteiger partial charge in [0.2, 0.25) is 0 Å². The van der Waals surface area contributed by atoms with Crippen molar-refractivity contribution < 1.29 is 9.18 Å². The molecule has 3 aromatic rings. The maximum absolute atomic E-state index is 14.1. The summed E-state index contributed by atoms with van der Waals surface area (Å²) in [6, 6.07) is 13.0. The molecule has 29 heavy (non-hydrogen) atoms. The summed E-state index contributed by atoms with van der Waals surface area (Å²) in [7, 11) is 2.95. The summed E-state index contributed by atoms with van der Waals surface area (Å²) in [5.41, 5.74) is 1.89. The first-order valence-electron chi connectivity index (χ1n) is 9.10. The van der Waals surface area contributed by atoms with Gasteiger partial charge in [-0.15, -0.1) is 0 Å². The highest BCUT2D eigenvalue weighted by Crippen LogP contribution is 2.47. The summed E-state index contributed by atoms with van der Waals surface area (Å²) < 4.78 is 16.4. The van der Waals surface area contributed by atoms with Crippen LogP contribution in [0.25, 0.3) is 5.70 Å². The largest absolute Gasteiger partial charge is 0.340 e. The summed E-state index contributed by atoms with van der Waals surface area (Å²) in [4.78, 5) is 38.9. The van der Waals surface area contributed by atoms with Crippen molar-refractivity contribution >= 4 is 17.3 Å². The molecule has 2 aliphatic rings. The number of ketones is 1. The third kappa shape index (κ3) is 2.24. The Hall–Kier alpha value is -3.74. The number of nitrogens with one attached hydrogen (secondary N) is 1. The van der Waals surface area contributed by atoms with E-state index in [0.717, 1.165) is 4.57 Å². The second-order valence-electron chi connectivity index (χ2n) is 7.24. The quantitative estimate of drug-likeness (QED) is 0.694. The lowest BCUT2D eigenvalue weighted by atomic mass is 9.81. The number of anilines is 1. The Bertz CT molecular complexity index is 1380. The molecule has 1 aliphatic heterocycles. The van der Waals surface area contributed by atoms with Crippen molar-refractivity contribution in [2.24, 2.45) is 14.1 Å². The van der Waals surface area contributed by atoms with E-state index in [1.807, 2.05) is 12.1 Å². The topological polar surface area (TPSA) is 73.1 Å². The first-order chi connectivity index (χ1) is 13.9. The number of nitrogens with zero attached hydrogens (tertiary/aromatic N) is 2. The van der Waals surface area contributed by atoms with E-state index < -0.39 is 23.0 Å². The zero-order valence-electron chi connectivity index (χ0n) is 15.7. The van der Waals surface area contributed by atoms with Crippen LogP contribution in [0.5, 0.6) is 0 Å². The number of halogens is 1. The van der Waals surface area contributed by atoms with Crippen molar-refractivity contribution in [1.29, 1.82) is 0 Å². The molecule has 1 aliphatic carbocycles. The van der Waals surface area contributed by atoms with Gasteiger partial charge in [-0.25, -0.2) is 9.18 Å². The molecule has 0 unspecified atom stereocenters. The Morgan fingerprint density at radius 2 is 1.66 bits per heavy atom. The average Bonchev–Trinajstić information content (AvgIpc) is 3.01. The fraction of sp³-hybridized carbons (Fsp3) is 0.136. The third-order valence-electron chi connectivity index (χ3n) is 5.66. The van der Waals surface area contributed by atoms with Crippen molar-refractivity contribution in [3.8, 4) is 0 Å². The molecular weight excluding hydrogens is 373 g/mol. The van der Waals surface area contributed by atoms with E-state index >= 15 is 0 Å². The number of carbonyl (C=O) groups is 1. The minimum Gasteiger partial charge on any atom is -0.340 e. The number of benzene rings is 2. The average molecular weight is 389 g/mol. The number of Topliss-reactive ketones (excluding diaryl/α,β-unsaturated/α-hetero) is 1. The second-order valence-corrected chi connectivity index (χ2v) is 7.24. The van der Waals surface area contributed by atoms with E-state index in [1.165, 1.54) is 23.7 Å². The van der Waals surface area contributed by atoms with Crippen LogP contribution in [0, 0.1) is 5.82 Å². The molecule has 5 rings (SSSR count). The molecule has 0 saturated heterocycles. The van der Waals surface area contributed by atoms with Crippen LogP contribution in [0.1, 0.15) is 33.0 Å². The van der Waals surface area contributed by atoms with Crippen LogP contribution in [0.15, 0.2) is 63.7 Å². The molecule has 2 aromatic carbocycles. The lowest BCUT2D eigenvalue weighted by Crippen LogP contribution is -2.42. The second kappa shape index (κ2) is 5.88. The third-order valence-corrected chi connectivity index (χ3v) is 5.66. The Kier molecular flexibility index (Phi) is 3.52. The van der Waals surface area contributed by atoms with Gasteiger partial charge in [-0.1, -0.05) is 36.4 Å². The molecule has 0 radical (unpaired) electrons. The van der Waals surface area contributed by atoms with Gasteiger partial charge < -0.3 is 5.32 Å². The molecule has 0 spiro atoms. The van der Waals surface area contributed by atoms with E-state index in [0.29, 0.717) is 33.8 Å². The van der Waals surface area contributed by atoms with Crippen molar-refractivity contribution in [3.05, 3.63) is 103 Å². The Balaban J connectivity index is 1.90. The molecule has 0 fully saturated rings. The molecule has 0 amide bonds. The Morgan fingerprint density at radius 3 is 2.38 bits per heavy atom. The first kappa shape index (κ1) is 17.4. The summed E-state index contributed by atoms with van der Waals surface area (Å²) in [6.45, 7) is 0. The van der Waals surface area contributed by atoms with Crippen molar-refractivity contribution in [3.63, 3.8) is 0 Å². The van der Waals surface area contributed by atoms with Gasteiger partial charge >= 0.3 is 5.69 Å². The number of carbonyl (C=O) groups excluding carboxylic acids is 1. The van der Waals surface area contributed by atoms with Gasteiger partial charge in [-0.3, -0.25) is 18.7 Å². The zero-order valence-corrected chi connectivity index (χ0v) is 15.7. The van der Waals surface area contributed by atoms with Gasteiger partial charge in [0.25, 0.3) is 5.56 Å². The fourth-order valence-electron chi connectivity index (χ4n) is 4.28. The highest BCUT2D eigenvalue weighted by Gasteiger charge is 2.42. The van der Waals surface area contributed by atoms with Crippen molar-refractivity contribution in [1.82, 2.24) is 9.13 Å². The summed E-state index contributed by atoms with van der Waals surface area (Å²) in [6.07, 6.45) is 0. The number of aromatic nitrogens is 2. The standard InChI is InChI=1S/C22H16FN3O3/c1-25-20-17(21(28)26(2)22(25)29)15(11-6-5-7-12(23)10-11)16-18(24-20)13-8-3-4-9-14(13)19(16)27/h3-10,15,24H,1-2H3/t15-/m1/s1. The monoisotopic (exact) mass is 389 g/mol. The maximum atomic E-state index is 14.1. The van der Waals surface area contributed by atoms with Crippen LogP contribution >= 0.6 is 0 Å². The molecule has 1 aromatic heterocycles. The van der Waals surface area contributed by atoms with E-state index in [2.05, 4.69) is 5.32 Å². The number of allylic oxidation sites excluding steroid dienone is 1. The van der Waals surface area contributed by atoms with Gasteiger partial charge in [-0.2, -0.15) is 0 Å². The molecule has 0 bridgehead atoms. The van der Waals surface area contributed by atoms with Gasteiger partial charge in [0.05, 0.1) is 11.3 Å². The maximum Gasteiger partial charge on any atom is 0.332 e. The molecule has 144 valence electrons. The van der Waals surface area contributed by atoms with Crippen molar-refractivity contribution in [2.45, 2.75) is 5.92 Å². The number of fused-ring (bicyclic) bond motifs is 3. The van der Waals surface area contributed by atoms with Crippen LogP contribution in [-0.2, 0) is 14.1 Å². The molecule has 1 atom stereocenters. The zero-order chi connectivity index (χ0) is 20.4. The normalized spacial score (nSPS) is 16.9. The summed E-state index contributed by atoms with van der Waals surface area (Å²) in [5, 5.41) is 3.15. The van der Waals surface area contributed by atoms with Gasteiger partial charge in [0.1, 0.15) is 11.6 Å². The van der Waals surface area contributed by atoms with E-state index in [4.69, 9.17) is 0 Å². The summed E-state index contributed by atoms with van der Waals surface area (Å²) >= 11 is 0. The highest BCUT2D eigenvalue weighted by atomic mass is 19.1.